The molecule has 0 aliphatic carbocycles. The van der Waals surface area contributed by atoms with Gasteiger partial charge in [-0.3, -0.25) is 0 Å². The number of aliphatic hydroxyl groups is 1. The average molecular weight is 245 g/mol. The van der Waals surface area contributed by atoms with Crippen LogP contribution in [0, 0.1) is 0 Å². The minimum absolute atomic E-state index is 0.0230. The van der Waals surface area contributed by atoms with Gasteiger partial charge in [0.15, 0.2) is 5.75 Å². The van der Waals surface area contributed by atoms with Crippen LogP contribution in [0.25, 0.3) is 0 Å². The second-order valence-corrected chi connectivity index (χ2v) is 3.78. The zero-order valence-electron chi connectivity index (χ0n) is 10.1. The molecule has 2 aromatic rings. The van der Waals surface area contributed by atoms with Crippen molar-refractivity contribution >= 4 is 5.69 Å². The molecule has 4 nitrogen and oxygen atoms in total. The van der Waals surface area contributed by atoms with E-state index in [0.29, 0.717) is 22.9 Å². The highest BCUT2D eigenvalue weighted by Crippen LogP contribution is 2.34. The first kappa shape index (κ1) is 12.3. The first-order valence-corrected chi connectivity index (χ1v) is 5.54. The highest BCUT2D eigenvalue weighted by molar-refractivity contribution is 5.63. The van der Waals surface area contributed by atoms with Gasteiger partial charge in [0.2, 0.25) is 0 Å². The molecule has 0 aromatic heterocycles. The lowest BCUT2D eigenvalue weighted by molar-refractivity contribution is 0.281. The van der Waals surface area contributed by atoms with Crippen molar-refractivity contribution in [3.8, 4) is 17.2 Å². The predicted octanol–water partition coefficient (Wildman–Crippen LogP) is 2.56. The standard InChI is InChI=1S/C14H15NO3/c1-17-12-6-3-7-13(14(12)15)18-11-5-2-4-10(8-11)9-16/h2-8,16H,9,15H2,1H3. The molecule has 0 radical (unpaired) electrons. The van der Waals surface area contributed by atoms with Gasteiger partial charge >= 0.3 is 0 Å². The molecule has 0 aliphatic rings. The molecular formula is C14H15NO3. The van der Waals surface area contributed by atoms with Crippen molar-refractivity contribution in [3.63, 3.8) is 0 Å². The Labute approximate surface area is 106 Å². The molecule has 0 saturated carbocycles. The van der Waals surface area contributed by atoms with Crippen molar-refractivity contribution in [2.75, 3.05) is 12.8 Å². The average Bonchev–Trinajstić information content (AvgIpc) is 2.41. The van der Waals surface area contributed by atoms with Crippen LogP contribution >= 0.6 is 0 Å². The summed E-state index contributed by atoms with van der Waals surface area (Å²) in [5.41, 5.74) is 7.15. The fourth-order valence-corrected chi connectivity index (χ4v) is 1.63. The Hall–Kier alpha value is -2.20. The number of hydrogen-bond donors (Lipinski definition) is 2. The van der Waals surface area contributed by atoms with Crippen molar-refractivity contribution in [3.05, 3.63) is 48.0 Å². The Morgan fingerprint density at radius 1 is 1.11 bits per heavy atom. The van der Waals surface area contributed by atoms with E-state index in [1.165, 1.54) is 0 Å². The molecule has 18 heavy (non-hydrogen) atoms. The summed E-state index contributed by atoms with van der Waals surface area (Å²) in [6.07, 6.45) is 0. The first-order chi connectivity index (χ1) is 8.74. The number of hydrogen-bond acceptors (Lipinski definition) is 4. The lowest BCUT2D eigenvalue weighted by Gasteiger charge is -2.11. The highest BCUT2D eigenvalue weighted by Gasteiger charge is 2.07. The Balaban J connectivity index is 2.28. The summed E-state index contributed by atoms with van der Waals surface area (Å²) in [6.45, 7) is -0.0230. The molecular weight excluding hydrogens is 230 g/mol. The topological polar surface area (TPSA) is 64.7 Å². The molecule has 3 N–H and O–H groups in total. The van der Waals surface area contributed by atoms with E-state index in [0.717, 1.165) is 5.56 Å². The van der Waals surface area contributed by atoms with E-state index in [1.54, 1.807) is 37.4 Å². The van der Waals surface area contributed by atoms with Crippen LogP contribution in [0.5, 0.6) is 17.2 Å². The maximum absolute atomic E-state index is 9.06. The van der Waals surface area contributed by atoms with E-state index in [-0.39, 0.29) is 6.61 Å². The number of methoxy groups -OCH3 is 1. The largest absolute Gasteiger partial charge is 0.494 e. The number of benzene rings is 2. The van der Waals surface area contributed by atoms with Gasteiger partial charge < -0.3 is 20.3 Å². The number of ether oxygens (including phenoxy) is 2. The minimum atomic E-state index is -0.0230. The summed E-state index contributed by atoms with van der Waals surface area (Å²) in [5.74, 6) is 1.73. The van der Waals surface area contributed by atoms with Crippen LogP contribution in [0.2, 0.25) is 0 Å². The quantitative estimate of drug-likeness (QED) is 0.812. The van der Waals surface area contributed by atoms with Gasteiger partial charge in [-0.15, -0.1) is 0 Å². The maximum Gasteiger partial charge on any atom is 0.154 e. The van der Waals surface area contributed by atoms with E-state index in [9.17, 15) is 0 Å². The number of rotatable bonds is 4. The van der Waals surface area contributed by atoms with Crippen LogP contribution in [0.3, 0.4) is 0 Å². The van der Waals surface area contributed by atoms with Gasteiger partial charge in [-0.1, -0.05) is 18.2 Å². The Bertz CT molecular complexity index is 540. The van der Waals surface area contributed by atoms with Crippen LogP contribution in [-0.2, 0) is 6.61 Å². The van der Waals surface area contributed by atoms with Gasteiger partial charge in [-0.05, 0) is 29.8 Å². The summed E-state index contributed by atoms with van der Waals surface area (Å²) in [5, 5.41) is 9.06. The minimum Gasteiger partial charge on any atom is -0.494 e. The fourth-order valence-electron chi connectivity index (χ4n) is 1.63. The van der Waals surface area contributed by atoms with Crippen molar-refractivity contribution in [2.24, 2.45) is 0 Å². The van der Waals surface area contributed by atoms with Gasteiger partial charge in [0, 0.05) is 0 Å². The SMILES string of the molecule is COc1cccc(Oc2cccc(CO)c2)c1N. The molecule has 2 rings (SSSR count). The van der Waals surface area contributed by atoms with Crippen LogP contribution in [0.1, 0.15) is 5.56 Å². The van der Waals surface area contributed by atoms with Crippen molar-refractivity contribution < 1.29 is 14.6 Å². The van der Waals surface area contributed by atoms with Crippen molar-refractivity contribution in [2.45, 2.75) is 6.61 Å². The van der Waals surface area contributed by atoms with Crippen LogP contribution < -0.4 is 15.2 Å². The van der Waals surface area contributed by atoms with E-state index in [4.69, 9.17) is 20.3 Å². The summed E-state index contributed by atoms with van der Waals surface area (Å²) >= 11 is 0. The van der Waals surface area contributed by atoms with Crippen LogP contribution in [-0.4, -0.2) is 12.2 Å². The molecule has 94 valence electrons. The summed E-state index contributed by atoms with van der Waals surface area (Å²) in [7, 11) is 1.56. The molecule has 0 bridgehead atoms. The molecule has 0 atom stereocenters. The molecule has 4 heteroatoms. The third-order valence-corrected chi connectivity index (χ3v) is 2.55. The van der Waals surface area contributed by atoms with Gasteiger partial charge in [0.05, 0.1) is 13.7 Å². The second-order valence-electron chi connectivity index (χ2n) is 3.78. The third kappa shape index (κ3) is 2.55. The predicted molar refractivity (Wildman–Crippen MR) is 69.8 cm³/mol. The Morgan fingerprint density at radius 3 is 2.56 bits per heavy atom. The zero-order chi connectivity index (χ0) is 13.0. The van der Waals surface area contributed by atoms with E-state index in [2.05, 4.69) is 0 Å². The molecule has 0 heterocycles. The molecule has 0 saturated heterocycles. The molecule has 0 fully saturated rings. The Morgan fingerprint density at radius 2 is 1.83 bits per heavy atom. The molecule has 2 aromatic carbocycles. The summed E-state index contributed by atoms with van der Waals surface area (Å²) < 4.78 is 10.8. The fraction of sp³-hybridized carbons (Fsp3) is 0.143. The summed E-state index contributed by atoms with van der Waals surface area (Å²) in [4.78, 5) is 0. The Kier molecular flexibility index (Phi) is 3.69. The number of nitrogen functional groups attached to an aromatic ring is 1. The number of para-hydroxylation sites is 1. The lowest BCUT2D eigenvalue weighted by atomic mass is 10.2. The van der Waals surface area contributed by atoms with Gasteiger partial charge in [0.1, 0.15) is 17.2 Å². The second kappa shape index (κ2) is 5.42. The van der Waals surface area contributed by atoms with Gasteiger partial charge in [-0.2, -0.15) is 0 Å². The van der Waals surface area contributed by atoms with Crippen molar-refractivity contribution in [1.82, 2.24) is 0 Å². The van der Waals surface area contributed by atoms with E-state index >= 15 is 0 Å². The first-order valence-electron chi connectivity index (χ1n) is 5.54. The lowest BCUT2D eigenvalue weighted by Crippen LogP contribution is -1.96. The molecule has 0 unspecified atom stereocenters. The summed E-state index contributed by atoms with van der Waals surface area (Å²) in [6, 6.07) is 12.5. The molecule has 0 spiro atoms. The molecule has 0 amide bonds. The van der Waals surface area contributed by atoms with Crippen LogP contribution in [0.4, 0.5) is 5.69 Å². The smallest absolute Gasteiger partial charge is 0.154 e. The van der Waals surface area contributed by atoms with E-state index in [1.807, 2.05) is 12.1 Å². The highest BCUT2D eigenvalue weighted by atomic mass is 16.5. The number of aliphatic hydroxyl groups excluding tert-OH is 1. The number of nitrogens with two attached hydrogens (primary N) is 1. The van der Waals surface area contributed by atoms with Crippen LogP contribution in [0.15, 0.2) is 42.5 Å². The number of anilines is 1. The van der Waals surface area contributed by atoms with Gasteiger partial charge in [-0.25, -0.2) is 0 Å². The maximum atomic E-state index is 9.06. The monoisotopic (exact) mass is 245 g/mol. The van der Waals surface area contributed by atoms with E-state index < -0.39 is 0 Å². The molecule has 0 aliphatic heterocycles. The zero-order valence-corrected chi connectivity index (χ0v) is 10.1. The third-order valence-electron chi connectivity index (χ3n) is 2.55. The van der Waals surface area contributed by atoms with Crippen molar-refractivity contribution in [1.29, 1.82) is 0 Å². The normalized spacial score (nSPS) is 10.1. The van der Waals surface area contributed by atoms with Gasteiger partial charge in [0.25, 0.3) is 0 Å².